The highest BCUT2D eigenvalue weighted by Gasteiger charge is 2.11. The Morgan fingerprint density at radius 1 is 1.33 bits per heavy atom. The molecule has 1 aromatic rings. The first kappa shape index (κ1) is 16.0. The zero-order valence-electron chi connectivity index (χ0n) is 10.7. The molecule has 0 heterocycles. The molecule has 5 heteroatoms. The molecule has 0 bridgehead atoms. The number of nitrogens with one attached hydrogen (secondary N) is 1. The number of hydrogen-bond acceptors (Lipinski definition) is 3. The monoisotopic (exact) mass is 379 g/mol. The molecule has 1 aromatic carbocycles. The molecule has 0 amide bonds. The van der Waals surface area contributed by atoms with Crippen molar-refractivity contribution in [2.24, 2.45) is 0 Å². The lowest BCUT2D eigenvalue weighted by atomic mass is 10.1. The van der Waals surface area contributed by atoms with E-state index in [2.05, 4.69) is 37.2 Å². The molecule has 102 valence electrons. The Morgan fingerprint density at radius 3 is 2.61 bits per heavy atom. The van der Waals surface area contributed by atoms with Crippen molar-refractivity contribution >= 4 is 31.9 Å². The van der Waals surface area contributed by atoms with Crippen LogP contribution in [0.3, 0.4) is 0 Å². The highest BCUT2D eigenvalue weighted by Crippen LogP contribution is 2.33. The summed E-state index contributed by atoms with van der Waals surface area (Å²) in [5, 5.41) is 12.5. The molecule has 18 heavy (non-hydrogen) atoms. The molecule has 0 aromatic heterocycles. The Hall–Kier alpha value is -0.100. The first-order valence-electron chi connectivity index (χ1n) is 6.07. The second-order valence-electron chi connectivity index (χ2n) is 3.98. The van der Waals surface area contributed by atoms with Gasteiger partial charge in [-0.15, -0.1) is 0 Å². The van der Waals surface area contributed by atoms with Crippen molar-refractivity contribution in [2.75, 3.05) is 13.2 Å². The molecule has 0 aliphatic carbocycles. The minimum absolute atomic E-state index is 0.122. The van der Waals surface area contributed by atoms with Gasteiger partial charge in [0.2, 0.25) is 0 Å². The van der Waals surface area contributed by atoms with Gasteiger partial charge < -0.3 is 15.2 Å². The Kier molecular flexibility index (Phi) is 7.22. The van der Waals surface area contributed by atoms with Crippen molar-refractivity contribution in [2.45, 2.75) is 32.9 Å². The van der Waals surface area contributed by atoms with Gasteiger partial charge in [-0.2, -0.15) is 0 Å². The van der Waals surface area contributed by atoms with Crippen molar-refractivity contribution in [3.05, 3.63) is 26.6 Å². The van der Waals surface area contributed by atoms with Crippen molar-refractivity contribution in [3.8, 4) is 5.75 Å². The van der Waals surface area contributed by atoms with Crippen molar-refractivity contribution in [3.63, 3.8) is 0 Å². The second kappa shape index (κ2) is 8.15. The lowest BCUT2D eigenvalue weighted by Crippen LogP contribution is -2.31. The van der Waals surface area contributed by atoms with Crippen LogP contribution in [0, 0.1) is 0 Å². The second-order valence-corrected chi connectivity index (χ2v) is 5.75. The first-order chi connectivity index (χ1) is 8.62. The highest BCUT2D eigenvalue weighted by atomic mass is 79.9. The number of benzene rings is 1. The summed E-state index contributed by atoms with van der Waals surface area (Å²) >= 11 is 6.98. The van der Waals surface area contributed by atoms with Gasteiger partial charge in [0, 0.05) is 22.6 Å². The molecule has 0 saturated heterocycles. The Morgan fingerprint density at radius 2 is 2.06 bits per heavy atom. The van der Waals surface area contributed by atoms with E-state index in [9.17, 15) is 5.11 Å². The Balaban J connectivity index is 2.85. The van der Waals surface area contributed by atoms with Crippen LogP contribution in [0.1, 0.15) is 25.8 Å². The molecule has 0 fully saturated rings. The average molecular weight is 381 g/mol. The molecule has 2 N–H and O–H groups in total. The van der Waals surface area contributed by atoms with Gasteiger partial charge >= 0.3 is 0 Å². The normalized spacial score (nSPS) is 12.5. The molecule has 0 radical (unpaired) electrons. The van der Waals surface area contributed by atoms with Gasteiger partial charge in [0.1, 0.15) is 5.75 Å². The number of halogens is 2. The predicted octanol–water partition coefficient (Wildman–Crippen LogP) is 3.47. The molecule has 3 nitrogen and oxygen atoms in total. The summed E-state index contributed by atoms with van der Waals surface area (Å²) in [6.07, 6.45) is 0.898. The molecule has 1 unspecified atom stereocenters. The van der Waals surface area contributed by atoms with Crippen LogP contribution in [0.25, 0.3) is 0 Å². The number of ether oxygens (including phenoxy) is 1. The molecule has 0 spiro atoms. The number of hydrogen-bond donors (Lipinski definition) is 2. The van der Waals surface area contributed by atoms with Crippen LogP contribution in [0.2, 0.25) is 0 Å². The van der Waals surface area contributed by atoms with E-state index in [1.807, 2.05) is 26.0 Å². The van der Waals surface area contributed by atoms with Crippen LogP contribution in [0.15, 0.2) is 21.1 Å². The minimum Gasteiger partial charge on any atom is -0.492 e. The van der Waals surface area contributed by atoms with E-state index in [4.69, 9.17) is 4.74 Å². The van der Waals surface area contributed by atoms with Gasteiger partial charge in [-0.1, -0.05) is 22.9 Å². The third kappa shape index (κ3) is 4.53. The summed E-state index contributed by atoms with van der Waals surface area (Å²) < 4.78 is 7.60. The lowest BCUT2D eigenvalue weighted by Gasteiger charge is -2.17. The van der Waals surface area contributed by atoms with Gasteiger partial charge in [-0.3, -0.25) is 0 Å². The Bertz CT molecular complexity index is 381. The van der Waals surface area contributed by atoms with Gasteiger partial charge in [0.15, 0.2) is 0 Å². The fourth-order valence-electron chi connectivity index (χ4n) is 1.64. The fourth-order valence-corrected chi connectivity index (χ4v) is 3.07. The minimum atomic E-state index is 0.122. The highest BCUT2D eigenvalue weighted by molar-refractivity contribution is 9.11. The van der Waals surface area contributed by atoms with E-state index >= 15 is 0 Å². The molecular formula is C13H19Br2NO2. The van der Waals surface area contributed by atoms with Crippen molar-refractivity contribution in [1.82, 2.24) is 5.32 Å². The zero-order chi connectivity index (χ0) is 13.5. The standard InChI is InChI=1S/C13H19Br2NO2/c1-3-11(8-17)16-7-9-5-10(14)6-12(15)13(9)18-4-2/h5-6,11,16-17H,3-4,7-8H2,1-2H3. The summed E-state index contributed by atoms with van der Waals surface area (Å²) in [5.74, 6) is 0.862. The topological polar surface area (TPSA) is 41.5 Å². The predicted molar refractivity (Wildman–Crippen MR) is 81.0 cm³/mol. The third-order valence-electron chi connectivity index (χ3n) is 2.67. The van der Waals surface area contributed by atoms with Crippen LogP contribution in [-0.4, -0.2) is 24.4 Å². The van der Waals surface area contributed by atoms with E-state index < -0.39 is 0 Å². The summed E-state index contributed by atoms with van der Waals surface area (Å²) in [4.78, 5) is 0. The summed E-state index contributed by atoms with van der Waals surface area (Å²) in [5.41, 5.74) is 1.07. The summed E-state index contributed by atoms with van der Waals surface area (Å²) in [6, 6.07) is 4.13. The van der Waals surface area contributed by atoms with Gasteiger partial charge in [0.05, 0.1) is 17.7 Å². The Labute approximate surface area is 125 Å². The molecule has 1 rings (SSSR count). The molecule has 1 atom stereocenters. The van der Waals surface area contributed by atoms with E-state index in [-0.39, 0.29) is 12.6 Å². The van der Waals surface area contributed by atoms with E-state index in [0.717, 1.165) is 26.7 Å². The average Bonchev–Trinajstić information content (AvgIpc) is 2.34. The van der Waals surface area contributed by atoms with Crippen LogP contribution in [0.5, 0.6) is 5.75 Å². The number of rotatable bonds is 7. The smallest absolute Gasteiger partial charge is 0.138 e. The van der Waals surface area contributed by atoms with E-state index in [1.54, 1.807) is 0 Å². The third-order valence-corrected chi connectivity index (χ3v) is 3.72. The molecule has 0 aliphatic heterocycles. The van der Waals surface area contributed by atoms with Crippen LogP contribution in [0.4, 0.5) is 0 Å². The lowest BCUT2D eigenvalue weighted by molar-refractivity contribution is 0.237. The van der Waals surface area contributed by atoms with Crippen molar-refractivity contribution < 1.29 is 9.84 Å². The number of aliphatic hydroxyl groups is 1. The SMILES string of the molecule is CCOc1c(Br)cc(Br)cc1CNC(CC)CO. The fraction of sp³-hybridized carbons (Fsp3) is 0.538. The van der Waals surface area contributed by atoms with Gasteiger partial charge in [0.25, 0.3) is 0 Å². The largest absolute Gasteiger partial charge is 0.492 e. The maximum Gasteiger partial charge on any atom is 0.138 e. The van der Waals surface area contributed by atoms with Crippen LogP contribution < -0.4 is 10.1 Å². The van der Waals surface area contributed by atoms with Gasteiger partial charge in [-0.05, 0) is 41.4 Å². The molecule has 0 saturated carbocycles. The first-order valence-corrected chi connectivity index (χ1v) is 7.65. The number of aliphatic hydroxyl groups excluding tert-OH is 1. The van der Waals surface area contributed by atoms with Gasteiger partial charge in [-0.25, -0.2) is 0 Å². The summed E-state index contributed by atoms with van der Waals surface area (Å²) in [7, 11) is 0. The quantitative estimate of drug-likeness (QED) is 0.760. The molecule has 0 aliphatic rings. The van der Waals surface area contributed by atoms with Crippen molar-refractivity contribution in [1.29, 1.82) is 0 Å². The summed E-state index contributed by atoms with van der Waals surface area (Å²) in [6.45, 7) is 5.47. The van der Waals surface area contributed by atoms with E-state index in [0.29, 0.717) is 13.2 Å². The zero-order valence-corrected chi connectivity index (χ0v) is 13.8. The van der Waals surface area contributed by atoms with Crippen LogP contribution in [-0.2, 0) is 6.54 Å². The maximum atomic E-state index is 9.17. The maximum absolute atomic E-state index is 9.17. The van der Waals surface area contributed by atoms with Crippen LogP contribution >= 0.6 is 31.9 Å². The molecular weight excluding hydrogens is 362 g/mol. The van der Waals surface area contributed by atoms with E-state index in [1.165, 1.54) is 0 Å².